The highest BCUT2D eigenvalue weighted by molar-refractivity contribution is 7.80. The molecule has 0 aliphatic heterocycles. The smallest absolute Gasteiger partial charge is 0.257 e. The van der Waals surface area contributed by atoms with Crippen molar-refractivity contribution in [2.24, 2.45) is 5.92 Å². The SMILES string of the molecule is CCCOc1cccc(C(=O)NC(=S)Nc2cccc(NC(=O)C3CC3)c2C)c1. The molecule has 0 bridgehead atoms. The lowest BCUT2D eigenvalue weighted by Crippen LogP contribution is -2.34. The van der Waals surface area contributed by atoms with Gasteiger partial charge in [-0.25, -0.2) is 0 Å². The van der Waals surface area contributed by atoms with E-state index in [2.05, 4.69) is 16.0 Å². The molecule has 2 aromatic rings. The molecule has 2 aromatic carbocycles. The van der Waals surface area contributed by atoms with Crippen LogP contribution in [0.15, 0.2) is 42.5 Å². The van der Waals surface area contributed by atoms with Crippen LogP contribution < -0.4 is 20.7 Å². The number of anilines is 2. The van der Waals surface area contributed by atoms with Gasteiger partial charge in [0.25, 0.3) is 5.91 Å². The lowest BCUT2D eigenvalue weighted by Gasteiger charge is -2.15. The van der Waals surface area contributed by atoms with Crippen molar-refractivity contribution in [3.63, 3.8) is 0 Å². The second kappa shape index (κ2) is 9.52. The molecular formula is C22H25N3O3S. The third-order valence-electron chi connectivity index (χ3n) is 4.58. The van der Waals surface area contributed by atoms with Crippen LogP contribution in [0, 0.1) is 12.8 Å². The Morgan fingerprint density at radius 1 is 1.10 bits per heavy atom. The van der Waals surface area contributed by atoms with Gasteiger partial charge in [-0.3, -0.25) is 14.9 Å². The Labute approximate surface area is 176 Å². The lowest BCUT2D eigenvalue weighted by molar-refractivity contribution is -0.117. The minimum Gasteiger partial charge on any atom is -0.494 e. The highest BCUT2D eigenvalue weighted by Crippen LogP contribution is 2.31. The van der Waals surface area contributed by atoms with Gasteiger partial charge >= 0.3 is 0 Å². The first-order valence-corrected chi connectivity index (χ1v) is 10.1. The molecule has 1 saturated carbocycles. The zero-order chi connectivity index (χ0) is 20.8. The minimum absolute atomic E-state index is 0.0475. The van der Waals surface area contributed by atoms with Crippen molar-refractivity contribution in [3.8, 4) is 5.75 Å². The number of thiocarbonyl (C=S) groups is 1. The minimum atomic E-state index is -0.319. The summed E-state index contributed by atoms with van der Waals surface area (Å²) in [5.41, 5.74) is 2.78. The summed E-state index contributed by atoms with van der Waals surface area (Å²) in [4.78, 5) is 24.5. The summed E-state index contributed by atoms with van der Waals surface area (Å²) >= 11 is 5.30. The number of rotatable bonds is 7. The van der Waals surface area contributed by atoms with Crippen LogP contribution in [-0.4, -0.2) is 23.5 Å². The predicted octanol–water partition coefficient (Wildman–Crippen LogP) is 4.26. The van der Waals surface area contributed by atoms with Crippen molar-refractivity contribution in [2.45, 2.75) is 33.1 Å². The van der Waals surface area contributed by atoms with E-state index in [0.717, 1.165) is 36.2 Å². The second-order valence-electron chi connectivity index (χ2n) is 7.03. The molecule has 0 spiro atoms. The fourth-order valence-corrected chi connectivity index (χ4v) is 2.97. The molecule has 1 fully saturated rings. The van der Waals surface area contributed by atoms with Gasteiger partial charge in [0.1, 0.15) is 5.75 Å². The van der Waals surface area contributed by atoms with Gasteiger partial charge in [-0.1, -0.05) is 19.1 Å². The van der Waals surface area contributed by atoms with E-state index in [0.29, 0.717) is 17.9 Å². The molecule has 6 nitrogen and oxygen atoms in total. The van der Waals surface area contributed by atoms with E-state index in [1.54, 1.807) is 18.2 Å². The monoisotopic (exact) mass is 411 g/mol. The van der Waals surface area contributed by atoms with Crippen LogP contribution in [0.3, 0.4) is 0 Å². The normalized spacial score (nSPS) is 12.8. The summed E-state index contributed by atoms with van der Waals surface area (Å²) in [6.45, 7) is 4.51. The summed E-state index contributed by atoms with van der Waals surface area (Å²) in [5, 5.41) is 8.85. The molecular weight excluding hydrogens is 386 g/mol. The average Bonchev–Trinajstić information content (AvgIpc) is 3.55. The molecule has 1 aliphatic rings. The number of ether oxygens (including phenoxy) is 1. The van der Waals surface area contributed by atoms with Crippen LogP contribution in [0.1, 0.15) is 42.1 Å². The molecule has 29 heavy (non-hydrogen) atoms. The molecule has 7 heteroatoms. The van der Waals surface area contributed by atoms with Gasteiger partial charge in [0.15, 0.2) is 5.11 Å². The molecule has 0 saturated heterocycles. The molecule has 3 rings (SSSR count). The zero-order valence-electron chi connectivity index (χ0n) is 16.6. The molecule has 0 unspecified atom stereocenters. The third-order valence-corrected chi connectivity index (χ3v) is 4.79. The Morgan fingerprint density at radius 2 is 1.79 bits per heavy atom. The summed E-state index contributed by atoms with van der Waals surface area (Å²) in [7, 11) is 0. The maximum absolute atomic E-state index is 12.5. The first kappa shape index (κ1) is 20.8. The standard InChI is InChI=1S/C22H25N3O3S/c1-3-12-28-17-7-4-6-16(13-17)21(27)25-22(29)24-19-9-5-8-18(14(19)2)23-20(26)15-10-11-15/h4-9,13,15H,3,10-12H2,1-2H3,(H,23,26)(H2,24,25,27,29). The Bertz CT molecular complexity index is 925. The number of hydrogen-bond acceptors (Lipinski definition) is 4. The topological polar surface area (TPSA) is 79.5 Å². The van der Waals surface area contributed by atoms with E-state index in [1.165, 1.54) is 0 Å². The van der Waals surface area contributed by atoms with E-state index in [9.17, 15) is 9.59 Å². The number of carbonyl (C=O) groups excluding carboxylic acids is 2. The molecule has 0 atom stereocenters. The number of amides is 2. The largest absolute Gasteiger partial charge is 0.494 e. The van der Waals surface area contributed by atoms with Crippen LogP contribution in [0.5, 0.6) is 5.75 Å². The Morgan fingerprint density at radius 3 is 2.48 bits per heavy atom. The van der Waals surface area contributed by atoms with Gasteiger partial charge in [0, 0.05) is 22.9 Å². The summed E-state index contributed by atoms with van der Waals surface area (Å²) in [6, 6.07) is 12.5. The first-order valence-electron chi connectivity index (χ1n) is 9.73. The van der Waals surface area contributed by atoms with E-state index in [1.807, 2.05) is 38.1 Å². The molecule has 0 radical (unpaired) electrons. The van der Waals surface area contributed by atoms with E-state index >= 15 is 0 Å². The predicted molar refractivity (Wildman–Crippen MR) is 118 cm³/mol. The van der Waals surface area contributed by atoms with Gasteiger partial charge in [-0.2, -0.15) is 0 Å². The van der Waals surface area contributed by atoms with Crippen LogP contribution in [0.2, 0.25) is 0 Å². The average molecular weight is 412 g/mol. The molecule has 152 valence electrons. The van der Waals surface area contributed by atoms with Crippen LogP contribution in [0.25, 0.3) is 0 Å². The van der Waals surface area contributed by atoms with Crippen molar-refractivity contribution in [3.05, 3.63) is 53.6 Å². The maximum atomic E-state index is 12.5. The quantitative estimate of drug-likeness (QED) is 0.594. The highest BCUT2D eigenvalue weighted by Gasteiger charge is 2.29. The van der Waals surface area contributed by atoms with Crippen LogP contribution >= 0.6 is 12.2 Å². The highest BCUT2D eigenvalue weighted by atomic mass is 32.1. The van der Waals surface area contributed by atoms with E-state index < -0.39 is 0 Å². The van der Waals surface area contributed by atoms with Crippen molar-refractivity contribution < 1.29 is 14.3 Å². The molecule has 3 N–H and O–H groups in total. The van der Waals surface area contributed by atoms with Crippen molar-refractivity contribution in [1.29, 1.82) is 0 Å². The lowest BCUT2D eigenvalue weighted by atomic mass is 10.1. The number of hydrogen-bond donors (Lipinski definition) is 3. The fraction of sp³-hybridized carbons (Fsp3) is 0.318. The fourth-order valence-electron chi connectivity index (χ4n) is 2.76. The van der Waals surface area contributed by atoms with E-state index in [-0.39, 0.29) is 22.8 Å². The van der Waals surface area contributed by atoms with Gasteiger partial charge in [0.05, 0.1) is 6.61 Å². The van der Waals surface area contributed by atoms with Crippen molar-refractivity contribution in [2.75, 3.05) is 17.2 Å². The van der Waals surface area contributed by atoms with Crippen LogP contribution in [-0.2, 0) is 4.79 Å². The molecule has 2 amide bonds. The Kier molecular flexibility index (Phi) is 6.82. The van der Waals surface area contributed by atoms with Gasteiger partial charge in [0.2, 0.25) is 5.91 Å². The molecule has 1 aliphatic carbocycles. The Hall–Kier alpha value is -2.93. The number of benzene rings is 2. The van der Waals surface area contributed by atoms with E-state index in [4.69, 9.17) is 17.0 Å². The summed E-state index contributed by atoms with van der Waals surface area (Å²) in [5.74, 6) is 0.503. The number of carbonyl (C=O) groups is 2. The second-order valence-corrected chi connectivity index (χ2v) is 7.43. The maximum Gasteiger partial charge on any atom is 0.257 e. The van der Waals surface area contributed by atoms with Crippen molar-refractivity contribution >= 4 is 40.5 Å². The Balaban J connectivity index is 1.61. The van der Waals surface area contributed by atoms with Crippen LogP contribution in [0.4, 0.5) is 11.4 Å². The van der Waals surface area contributed by atoms with Gasteiger partial charge in [-0.15, -0.1) is 0 Å². The van der Waals surface area contributed by atoms with Crippen molar-refractivity contribution in [1.82, 2.24) is 5.32 Å². The summed E-state index contributed by atoms with van der Waals surface area (Å²) in [6.07, 6.45) is 2.79. The third kappa shape index (κ3) is 5.77. The van der Waals surface area contributed by atoms with Gasteiger partial charge in [-0.05, 0) is 74.3 Å². The zero-order valence-corrected chi connectivity index (χ0v) is 17.4. The molecule has 0 aromatic heterocycles. The first-order chi connectivity index (χ1) is 14.0. The molecule has 0 heterocycles. The number of nitrogens with one attached hydrogen (secondary N) is 3. The summed E-state index contributed by atoms with van der Waals surface area (Å²) < 4.78 is 5.57. The van der Waals surface area contributed by atoms with Gasteiger partial charge < -0.3 is 15.4 Å².